The number of aliphatic carboxylic acids is 1. The number of benzene rings is 2. The summed E-state index contributed by atoms with van der Waals surface area (Å²) in [6.45, 7) is 3.06. The number of carboxylic acid groups (broad SMARTS) is 1. The average Bonchev–Trinajstić information content (AvgIpc) is 2.48. The molecule has 0 spiro atoms. The highest BCUT2D eigenvalue weighted by atomic mass is 16.5. The maximum Gasteiger partial charge on any atom is 0.307 e. The second-order valence-corrected chi connectivity index (χ2v) is 4.58. The number of hydrogen-bond acceptors (Lipinski definition) is 3. The highest BCUT2D eigenvalue weighted by Gasteiger charge is 2.01. The molecule has 0 heterocycles. The molecule has 0 unspecified atom stereocenters. The summed E-state index contributed by atoms with van der Waals surface area (Å²) in [4.78, 5) is 10.6. The van der Waals surface area contributed by atoms with E-state index in [9.17, 15) is 4.79 Å². The van der Waals surface area contributed by atoms with E-state index in [4.69, 9.17) is 14.6 Å². The van der Waals surface area contributed by atoms with Crippen LogP contribution in [0, 0.1) is 0 Å². The van der Waals surface area contributed by atoms with E-state index in [1.165, 1.54) is 0 Å². The largest absolute Gasteiger partial charge is 0.494 e. The van der Waals surface area contributed by atoms with Crippen LogP contribution in [-0.4, -0.2) is 17.7 Å². The highest BCUT2D eigenvalue weighted by Crippen LogP contribution is 2.16. The quantitative estimate of drug-likeness (QED) is 0.848. The van der Waals surface area contributed by atoms with Crippen LogP contribution in [0.4, 0.5) is 0 Å². The molecule has 110 valence electrons. The monoisotopic (exact) mass is 286 g/mol. The molecular formula is C17H18O4. The van der Waals surface area contributed by atoms with E-state index in [1.54, 1.807) is 24.3 Å². The smallest absolute Gasteiger partial charge is 0.307 e. The van der Waals surface area contributed by atoms with E-state index in [1.807, 2.05) is 31.2 Å². The van der Waals surface area contributed by atoms with Gasteiger partial charge in [-0.2, -0.15) is 0 Å². The normalized spacial score (nSPS) is 10.1. The molecular weight excluding hydrogens is 268 g/mol. The Morgan fingerprint density at radius 1 is 0.905 bits per heavy atom. The zero-order chi connectivity index (χ0) is 15.1. The van der Waals surface area contributed by atoms with Crippen LogP contribution in [0.3, 0.4) is 0 Å². The van der Waals surface area contributed by atoms with Gasteiger partial charge in [0.05, 0.1) is 13.0 Å². The zero-order valence-corrected chi connectivity index (χ0v) is 11.9. The number of hydrogen-bond donors (Lipinski definition) is 1. The van der Waals surface area contributed by atoms with Crippen molar-refractivity contribution in [1.82, 2.24) is 0 Å². The molecule has 0 aliphatic rings. The number of carbonyl (C=O) groups is 1. The van der Waals surface area contributed by atoms with Crippen molar-refractivity contribution < 1.29 is 19.4 Å². The third-order valence-electron chi connectivity index (χ3n) is 2.92. The van der Waals surface area contributed by atoms with Crippen LogP contribution in [0.1, 0.15) is 18.1 Å². The molecule has 0 aliphatic heterocycles. The number of rotatable bonds is 7. The van der Waals surface area contributed by atoms with Crippen LogP contribution in [-0.2, 0) is 17.8 Å². The molecule has 2 rings (SSSR count). The fraction of sp³-hybridized carbons (Fsp3) is 0.235. The lowest BCUT2D eigenvalue weighted by Gasteiger charge is -2.08. The van der Waals surface area contributed by atoms with Crippen molar-refractivity contribution >= 4 is 5.97 Å². The van der Waals surface area contributed by atoms with E-state index >= 15 is 0 Å². The van der Waals surface area contributed by atoms with E-state index in [2.05, 4.69) is 0 Å². The zero-order valence-electron chi connectivity index (χ0n) is 11.9. The lowest BCUT2D eigenvalue weighted by molar-refractivity contribution is -0.136. The van der Waals surface area contributed by atoms with Crippen LogP contribution >= 0.6 is 0 Å². The van der Waals surface area contributed by atoms with Crippen molar-refractivity contribution in [3.05, 3.63) is 59.7 Å². The molecule has 21 heavy (non-hydrogen) atoms. The van der Waals surface area contributed by atoms with Crippen LogP contribution in [0.2, 0.25) is 0 Å². The second kappa shape index (κ2) is 7.33. The molecule has 0 radical (unpaired) electrons. The van der Waals surface area contributed by atoms with Crippen LogP contribution in [0.15, 0.2) is 48.5 Å². The van der Waals surface area contributed by atoms with Crippen molar-refractivity contribution in [3.8, 4) is 11.5 Å². The van der Waals surface area contributed by atoms with Gasteiger partial charge in [0.25, 0.3) is 0 Å². The van der Waals surface area contributed by atoms with E-state index in [0.717, 1.165) is 22.6 Å². The first-order valence-corrected chi connectivity index (χ1v) is 6.82. The van der Waals surface area contributed by atoms with E-state index in [0.29, 0.717) is 13.2 Å². The van der Waals surface area contributed by atoms with Crippen molar-refractivity contribution in [2.75, 3.05) is 6.61 Å². The maximum atomic E-state index is 10.6. The second-order valence-electron chi connectivity index (χ2n) is 4.58. The molecule has 1 N–H and O–H groups in total. The molecule has 0 fully saturated rings. The molecule has 0 aromatic heterocycles. The SMILES string of the molecule is CCOc1ccc(COc2ccc(CC(=O)O)cc2)cc1. The van der Waals surface area contributed by atoms with Gasteiger partial charge in [-0.1, -0.05) is 24.3 Å². The molecule has 2 aromatic carbocycles. The van der Waals surface area contributed by atoms with Gasteiger partial charge >= 0.3 is 5.97 Å². The maximum absolute atomic E-state index is 10.6. The molecule has 0 saturated carbocycles. The average molecular weight is 286 g/mol. The van der Waals surface area contributed by atoms with Crippen LogP contribution < -0.4 is 9.47 Å². The summed E-state index contributed by atoms with van der Waals surface area (Å²) in [5, 5.41) is 8.71. The predicted molar refractivity (Wildman–Crippen MR) is 79.7 cm³/mol. The number of ether oxygens (including phenoxy) is 2. The minimum Gasteiger partial charge on any atom is -0.494 e. The third-order valence-corrected chi connectivity index (χ3v) is 2.92. The Hall–Kier alpha value is -2.49. The summed E-state index contributed by atoms with van der Waals surface area (Å²) in [6.07, 6.45) is 0.0270. The molecule has 0 bridgehead atoms. The summed E-state index contributed by atoms with van der Waals surface area (Å²) in [6, 6.07) is 14.9. The predicted octanol–water partition coefficient (Wildman–Crippen LogP) is 3.29. The fourth-order valence-corrected chi connectivity index (χ4v) is 1.89. The molecule has 0 aliphatic carbocycles. The van der Waals surface area contributed by atoms with Crippen molar-refractivity contribution in [1.29, 1.82) is 0 Å². The van der Waals surface area contributed by atoms with Crippen molar-refractivity contribution in [3.63, 3.8) is 0 Å². The van der Waals surface area contributed by atoms with Gasteiger partial charge in [0.2, 0.25) is 0 Å². The Kier molecular flexibility index (Phi) is 5.21. The van der Waals surface area contributed by atoms with E-state index < -0.39 is 5.97 Å². The Labute approximate surface area is 123 Å². The van der Waals surface area contributed by atoms with Gasteiger partial charge < -0.3 is 14.6 Å². The minimum absolute atomic E-state index is 0.0270. The van der Waals surface area contributed by atoms with Gasteiger partial charge in [0.1, 0.15) is 18.1 Å². The third kappa shape index (κ3) is 4.84. The fourth-order valence-electron chi connectivity index (χ4n) is 1.89. The summed E-state index contributed by atoms with van der Waals surface area (Å²) in [5.41, 5.74) is 1.81. The summed E-state index contributed by atoms with van der Waals surface area (Å²) >= 11 is 0. The Bertz CT molecular complexity index is 573. The van der Waals surface area contributed by atoms with Gasteiger partial charge in [-0.05, 0) is 42.3 Å². The molecule has 0 saturated heterocycles. The Balaban J connectivity index is 1.88. The van der Waals surface area contributed by atoms with Crippen molar-refractivity contribution in [2.24, 2.45) is 0 Å². The number of carboxylic acids is 1. The molecule has 0 amide bonds. The van der Waals surface area contributed by atoms with Crippen LogP contribution in [0.25, 0.3) is 0 Å². The summed E-state index contributed by atoms with van der Waals surface area (Å²) in [7, 11) is 0. The molecule has 0 atom stereocenters. The standard InChI is InChI=1S/C17H18O4/c1-2-20-15-9-5-14(6-10-15)12-21-16-7-3-13(4-8-16)11-17(18)19/h3-10H,2,11-12H2,1H3,(H,18,19). The lowest BCUT2D eigenvalue weighted by Crippen LogP contribution is -2.00. The van der Waals surface area contributed by atoms with Crippen LogP contribution in [0.5, 0.6) is 11.5 Å². The summed E-state index contributed by atoms with van der Waals surface area (Å²) < 4.78 is 11.0. The first-order valence-electron chi connectivity index (χ1n) is 6.82. The summed E-state index contributed by atoms with van der Waals surface area (Å²) in [5.74, 6) is 0.732. The Morgan fingerprint density at radius 2 is 1.43 bits per heavy atom. The van der Waals surface area contributed by atoms with Gasteiger partial charge in [0.15, 0.2) is 0 Å². The molecule has 4 heteroatoms. The Morgan fingerprint density at radius 3 is 1.95 bits per heavy atom. The van der Waals surface area contributed by atoms with Crippen molar-refractivity contribution in [2.45, 2.75) is 20.0 Å². The molecule has 2 aromatic rings. The topological polar surface area (TPSA) is 55.8 Å². The first kappa shape index (κ1) is 14.9. The minimum atomic E-state index is -0.835. The van der Waals surface area contributed by atoms with Gasteiger partial charge in [-0.15, -0.1) is 0 Å². The van der Waals surface area contributed by atoms with Gasteiger partial charge in [0, 0.05) is 0 Å². The molecule has 4 nitrogen and oxygen atoms in total. The highest BCUT2D eigenvalue weighted by molar-refractivity contribution is 5.70. The van der Waals surface area contributed by atoms with E-state index in [-0.39, 0.29) is 6.42 Å². The first-order chi connectivity index (χ1) is 10.2. The van der Waals surface area contributed by atoms with Gasteiger partial charge in [-0.3, -0.25) is 4.79 Å². The van der Waals surface area contributed by atoms with Gasteiger partial charge in [-0.25, -0.2) is 0 Å². The lowest BCUT2D eigenvalue weighted by atomic mass is 10.1.